The molecule has 0 unspecified atom stereocenters. The molecule has 4 nitrogen and oxygen atoms in total. The van der Waals surface area contributed by atoms with Crippen LogP contribution in [0.2, 0.25) is 0 Å². The molecule has 0 bridgehead atoms. The molecular weight excluding hydrogens is 271 g/mol. The Bertz CT molecular complexity index is 531. The van der Waals surface area contributed by atoms with Crippen LogP contribution in [0.5, 0.6) is 0 Å². The predicted molar refractivity (Wildman–Crippen MR) is 78.1 cm³/mol. The second kappa shape index (κ2) is 6.70. The molecule has 1 aromatic carbocycles. The van der Waals surface area contributed by atoms with Gasteiger partial charge in [0, 0.05) is 25.6 Å². The lowest BCUT2D eigenvalue weighted by atomic mass is 10.1. The number of benzene rings is 1. The Kier molecular flexibility index (Phi) is 4.94. The van der Waals surface area contributed by atoms with Crippen molar-refractivity contribution in [3.8, 4) is 0 Å². The molecule has 1 aromatic rings. The first-order chi connectivity index (χ1) is 9.97. The highest BCUT2D eigenvalue weighted by Crippen LogP contribution is 2.20. The van der Waals surface area contributed by atoms with Crippen molar-refractivity contribution in [3.05, 3.63) is 35.6 Å². The first-order valence-electron chi connectivity index (χ1n) is 7.29. The van der Waals surface area contributed by atoms with Crippen LogP contribution < -0.4 is 5.32 Å². The number of halogens is 1. The highest BCUT2D eigenvalue weighted by atomic mass is 19.1. The van der Waals surface area contributed by atoms with E-state index in [-0.39, 0.29) is 36.0 Å². The van der Waals surface area contributed by atoms with Crippen LogP contribution in [0.25, 0.3) is 0 Å². The Labute approximate surface area is 124 Å². The number of carbonyl (C=O) groups excluding carboxylic acids is 2. The third kappa shape index (κ3) is 4.03. The van der Waals surface area contributed by atoms with Gasteiger partial charge in [0.05, 0.1) is 5.92 Å². The molecular formula is C16H21FN2O2. The van der Waals surface area contributed by atoms with Crippen LogP contribution in [0.4, 0.5) is 4.39 Å². The van der Waals surface area contributed by atoms with Crippen molar-refractivity contribution >= 4 is 11.8 Å². The number of nitrogens with one attached hydrogen (secondary N) is 1. The van der Waals surface area contributed by atoms with E-state index in [0.29, 0.717) is 19.5 Å². The van der Waals surface area contributed by atoms with E-state index >= 15 is 0 Å². The molecule has 1 aliphatic heterocycles. The van der Waals surface area contributed by atoms with Crippen molar-refractivity contribution in [2.24, 2.45) is 5.92 Å². The van der Waals surface area contributed by atoms with E-state index in [9.17, 15) is 14.0 Å². The standard InChI is InChI=1S/C16H21FN2O2/c1-11(2)19-10-13(9-15(19)20)16(21)18-7-6-12-4-3-5-14(17)8-12/h3-5,8,11,13H,6-7,9-10H2,1-2H3,(H,18,21)/t13-/m1/s1. The van der Waals surface area contributed by atoms with Crippen molar-refractivity contribution in [3.63, 3.8) is 0 Å². The maximum atomic E-state index is 13.0. The summed E-state index contributed by atoms with van der Waals surface area (Å²) in [5.41, 5.74) is 0.849. The van der Waals surface area contributed by atoms with E-state index in [1.54, 1.807) is 11.0 Å². The lowest BCUT2D eigenvalue weighted by molar-refractivity contribution is -0.129. The fraction of sp³-hybridized carbons (Fsp3) is 0.500. The van der Waals surface area contributed by atoms with E-state index in [0.717, 1.165) is 5.56 Å². The molecule has 1 N–H and O–H groups in total. The van der Waals surface area contributed by atoms with Gasteiger partial charge in [-0.3, -0.25) is 9.59 Å². The molecule has 0 saturated carbocycles. The van der Waals surface area contributed by atoms with Gasteiger partial charge in [-0.2, -0.15) is 0 Å². The number of rotatable bonds is 5. The molecule has 0 aliphatic carbocycles. The van der Waals surface area contributed by atoms with Crippen LogP contribution in [0.1, 0.15) is 25.8 Å². The zero-order chi connectivity index (χ0) is 15.4. The van der Waals surface area contributed by atoms with Crippen LogP contribution in [-0.2, 0) is 16.0 Å². The Morgan fingerprint density at radius 3 is 2.86 bits per heavy atom. The second-order valence-corrected chi connectivity index (χ2v) is 5.71. The fourth-order valence-electron chi connectivity index (χ4n) is 2.57. The minimum Gasteiger partial charge on any atom is -0.355 e. The number of carbonyl (C=O) groups is 2. The van der Waals surface area contributed by atoms with E-state index in [4.69, 9.17) is 0 Å². The van der Waals surface area contributed by atoms with Crippen molar-refractivity contribution in [1.29, 1.82) is 0 Å². The largest absolute Gasteiger partial charge is 0.355 e. The maximum Gasteiger partial charge on any atom is 0.225 e. The Balaban J connectivity index is 1.79. The zero-order valence-corrected chi connectivity index (χ0v) is 12.4. The van der Waals surface area contributed by atoms with Crippen LogP contribution >= 0.6 is 0 Å². The minimum atomic E-state index is -0.271. The molecule has 114 valence electrons. The quantitative estimate of drug-likeness (QED) is 0.898. The number of hydrogen-bond donors (Lipinski definition) is 1. The molecule has 0 radical (unpaired) electrons. The average Bonchev–Trinajstić information content (AvgIpc) is 2.81. The first kappa shape index (κ1) is 15.5. The summed E-state index contributed by atoms with van der Waals surface area (Å²) in [6.45, 7) is 4.83. The van der Waals surface area contributed by atoms with Crippen LogP contribution in [0.3, 0.4) is 0 Å². The molecule has 1 fully saturated rings. The van der Waals surface area contributed by atoms with Crippen LogP contribution in [0.15, 0.2) is 24.3 Å². The van der Waals surface area contributed by atoms with Gasteiger partial charge in [0.2, 0.25) is 11.8 Å². The fourth-order valence-corrected chi connectivity index (χ4v) is 2.57. The monoisotopic (exact) mass is 292 g/mol. The lowest BCUT2D eigenvalue weighted by Crippen LogP contribution is -2.36. The normalized spacial score (nSPS) is 18.4. The number of likely N-dealkylation sites (tertiary alicyclic amines) is 1. The lowest BCUT2D eigenvalue weighted by Gasteiger charge is -2.20. The smallest absolute Gasteiger partial charge is 0.225 e. The van der Waals surface area contributed by atoms with E-state index < -0.39 is 0 Å². The highest BCUT2D eigenvalue weighted by molar-refractivity contribution is 5.89. The zero-order valence-electron chi connectivity index (χ0n) is 12.4. The van der Waals surface area contributed by atoms with Gasteiger partial charge in [-0.05, 0) is 38.0 Å². The Morgan fingerprint density at radius 1 is 1.48 bits per heavy atom. The number of hydrogen-bond acceptors (Lipinski definition) is 2. The molecule has 1 atom stereocenters. The highest BCUT2D eigenvalue weighted by Gasteiger charge is 2.35. The molecule has 2 rings (SSSR count). The SMILES string of the molecule is CC(C)N1C[C@H](C(=O)NCCc2cccc(F)c2)CC1=O. The maximum absolute atomic E-state index is 13.0. The topological polar surface area (TPSA) is 49.4 Å². The summed E-state index contributed by atoms with van der Waals surface area (Å²) >= 11 is 0. The van der Waals surface area contributed by atoms with E-state index in [1.807, 2.05) is 19.9 Å². The Morgan fingerprint density at radius 2 is 2.24 bits per heavy atom. The van der Waals surface area contributed by atoms with E-state index in [2.05, 4.69) is 5.32 Å². The molecule has 5 heteroatoms. The third-order valence-electron chi connectivity index (χ3n) is 3.75. The van der Waals surface area contributed by atoms with Gasteiger partial charge in [-0.1, -0.05) is 12.1 Å². The van der Waals surface area contributed by atoms with Crippen molar-refractivity contribution in [2.45, 2.75) is 32.7 Å². The van der Waals surface area contributed by atoms with Crippen LogP contribution in [0, 0.1) is 11.7 Å². The van der Waals surface area contributed by atoms with Gasteiger partial charge < -0.3 is 10.2 Å². The second-order valence-electron chi connectivity index (χ2n) is 5.71. The molecule has 0 spiro atoms. The van der Waals surface area contributed by atoms with Crippen molar-refractivity contribution in [2.75, 3.05) is 13.1 Å². The number of nitrogens with zero attached hydrogens (tertiary/aromatic N) is 1. The molecule has 1 saturated heterocycles. The van der Waals surface area contributed by atoms with Gasteiger partial charge in [-0.15, -0.1) is 0 Å². The summed E-state index contributed by atoms with van der Waals surface area (Å²) in [4.78, 5) is 25.6. The van der Waals surface area contributed by atoms with Crippen molar-refractivity contribution < 1.29 is 14.0 Å². The number of amides is 2. The van der Waals surface area contributed by atoms with Gasteiger partial charge >= 0.3 is 0 Å². The Hall–Kier alpha value is -1.91. The summed E-state index contributed by atoms with van der Waals surface area (Å²) in [7, 11) is 0. The molecule has 21 heavy (non-hydrogen) atoms. The summed E-state index contributed by atoms with van der Waals surface area (Å²) in [5.74, 6) is -0.599. The molecule has 1 aliphatic rings. The summed E-state index contributed by atoms with van der Waals surface area (Å²) in [5, 5.41) is 2.83. The first-order valence-corrected chi connectivity index (χ1v) is 7.29. The van der Waals surface area contributed by atoms with Gasteiger partial charge in [0.1, 0.15) is 5.82 Å². The van der Waals surface area contributed by atoms with E-state index in [1.165, 1.54) is 12.1 Å². The minimum absolute atomic E-state index is 0.0373. The average molecular weight is 292 g/mol. The van der Waals surface area contributed by atoms with Gasteiger partial charge in [-0.25, -0.2) is 4.39 Å². The molecule has 0 aromatic heterocycles. The summed E-state index contributed by atoms with van der Waals surface area (Å²) < 4.78 is 13.0. The molecule has 1 heterocycles. The third-order valence-corrected chi connectivity index (χ3v) is 3.75. The van der Waals surface area contributed by atoms with Crippen molar-refractivity contribution in [1.82, 2.24) is 10.2 Å². The van der Waals surface area contributed by atoms with Gasteiger partial charge in [0.25, 0.3) is 0 Å². The summed E-state index contributed by atoms with van der Waals surface area (Å²) in [6.07, 6.45) is 0.863. The van der Waals surface area contributed by atoms with Gasteiger partial charge in [0.15, 0.2) is 0 Å². The molecule has 2 amide bonds. The predicted octanol–water partition coefficient (Wildman–Crippen LogP) is 1.74. The summed E-state index contributed by atoms with van der Waals surface area (Å²) in [6, 6.07) is 6.47. The van der Waals surface area contributed by atoms with Crippen LogP contribution in [-0.4, -0.2) is 35.8 Å².